The molecular weight excluding hydrogens is 208 g/mol. The summed E-state index contributed by atoms with van der Waals surface area (Å²) in [6, 6.07) is 12.8. The predicted octanol–water partition coefficient (Wildman–Crippen LogP) is 3.56. The SMILES string of the molecule is CCc1ccc(CNc2ccnc(C)c2)cc1. The maximum absolute atomic E-state index is 4.18. The Morgan fingerprint density at radius 2 is 1.76 bits per heavy atom. The predicted molar refractivity (Wildman–Crippen MR) is 72.1 cm³/mol. The standard InChI is InChI=1S/C15H18N2/c1-3-13-4-6-14(7-5-13)11-17-15-8-9-16-12(2)10-15/h4-10H,3,11H2,1-2H3,(H,16,17). The molecule has 0 unspecified atom stereocenters. The zero-order valence-electron chi connectivity index (χ0n) is 10.4. The fraction of sp³-hybridized carbons (Fsp3) is 0.267. The Kier molecular flexibility index (Phi) is 3.76. The monoisotopic (exact) mass is 226 g/mol. The minimum atomic E-state index is 0.855. The first-order chi connectivity index (χ1) is 8.28. The van der Waals surface area contributed by atoms with Crippen molar-refractivity contribution in [1.29, 1.82) is 0 Å². The van der Waals surface area contributed by atoms with Crippen molar-refractivity contribution in [3.05, 3.63) is 59.4 Å². The highest BCUT2D eigenvalue weighted by molar-refractivity contribution is 5.43. The second-order valence-corrected chi connectivity index (χ2v) is 4.21. The highest BCUT2D eigenvalue weighted by Gasteiger charge is 1.95. The number of hydrogen-bond acceptors (Lipinski definition) is 2. The van der Waals surface area contributed by atoms with Crippen molar-refractivity contribution < 1.29 is 0 Å². The summed E-state index contributed by atoms with van der Waals surface area (Å²) in [6.45, 7) is 5.03. The first kappa shape index (κ1) is 11.6. The van der Waals surface area contributed by atoms with Crippen LogP contribution >= 0.6 is 0 Å². The van der Waals surface area contributed by atoms with Gasteiger partial charge in [-0.15, -0.1) is 0 Å². The van der Waals surface area contributed by atoms with E-state index in [0.29, 0.717) is 0 Å². The Bertz CT molecular complexity index is 475. The molecular formula is C15H18N2. The van der Waals surface area contributed by atoms with Crippen LogP contribution in [0.5, 0.6) is 0 Å². The van der Waals surface area contributed by atoms with E-state index < -0.39 is 0 Å². The van der Waals surface area contributed by atoms with Crippen LogP contribution in [0.3, 0.4) is 0 Å². The second kappa shape index (κ2) is 5.48. The number of pyridine rings is 1. The summed E-state index contributed by atoms with van der Waals surface area (Å²) in [5, 5.41) is 3.40. The van der Waals surface area contributed by atoms with Crippen molar-refractivity contribution in [1.82, 2.24) is 4.98 Å². The summed E-state index contributed by atoms with van der Waals surface area (Å²) in [4.78, 5) is 4.18. The lowest BCUT2D eigenvalue weighted by molar-refractivity contribution is 1.10. The van der Waals surface area contributed by atoms with E-state index in [-0.39, 0.29) is 0 Å². The van der Waals surface area contributed by atoms with Crippen molar-refractivity contribution in [2.45, 2.75) is 26.8 Å². The zero-order valence-corrected chi connectivity index (χ0v) is 10.4. The number of nitrogens with one attached hydrogen (secondary N) is 1. The second-order valence-electron chi connectivity index (χ2n) is 4.21. The van der Waals surface area contributed by atoms with Crippen LogP contribution in [-0.2, 0) is 13.0 Å². The molecule has 17 heavy (non-hydrogen) atoms. The van der Waals surface area contributed by atoms with Crippen LogP contribution in [0.2, 0.25) is 0 Å². The third-order valence-electron chi connectivity index (χ3n) is 2.82. The highest BCUT2D eigenvalue weighted by Crippen LogP contribution is 2.10. The summed E-state index contributed by atoms with van der Waals surface area (Å²) in [7, 11) is 0. The molecule has 2 nitrogen and oxygen atoms in total. The smallest absolute Gasteiger partial charge is 0.0400 e. The first-order valence-electron chi connectivity index (χ1n) is 6.02. The lowest BCUT2D eigenvalue weighted by atomic mass is 10.1. The third-order valence-corrected chi connectivity index (χ3v) is 2.82. The van der Waals surface area contributed by atoms with Crippen molar-refractivity contribution in [3.8, 4) is 0 Å². The van der Waals surface area contributed by atoms with Crippen LogP contribution in [0.4, 0.5) is 5.69 Å². The Morgan fingerprint density at radius 3 is 2.41 bits per heavy atom. The lowest BCUT2D eigenvalue weighted by Gasteiger charge is -2.07. The quantitative estimate of drug-likeness (QED) is 0.862. The molecule has 0 radical (unpaired) electrons. The van der Waals surface area contributed by atoms with Crippen molar-refractivity contribution in [2.24, 2.45) is 0 Å². The molecule has 0 amide bonds. The van der Waals surface area contributed by atoms with Gasteiger partial charge in [0.15, 0.2) is 0 Å². The first-order valence-corrected chi connectivity index (χ1v) is 6.02. The van der Waals surface area contributed by atoms with Gasteiger partial charge in [0.1, 0.15) is 0 Å². The molecule has 0 saturated carbocycles. The van der Waals surface area contributed by atoms with Crippen molar-refractivity contribution in [3.63, 3.8) is 0 Å². The van der Waals surface area contributed by atoms with Crippen LogP contribution < -0.4 is 5.32 Å². The van der Waals surface area contributed by atoms with Gasteiger partial charge in [-0.3, -0.25) is 4.98 Å². The van der Waals surface area contributed by atoms with Crippen LogP contribution in [0.15, 0.2) is 42.6 Å². The van der Waals surface area contributed by atoms with Gasteiger partial charge in [0.2, 0.25) is 0 Å². The van der Waals surface area contributed by atoms with E-state index in [1.54, 1.807) is 0 Å². The minimum Gasteiger partial charge on any atom is -0.381 e. The van der Waals surface area contributed by atoms with Gasteiger partial charge >= 0.3 is 0 Å². The van der Waals surface area contributed by atoms with E-state index >= 15 is 0 Å². The molecule has 0 spiro atoms. The number of aryl methyl sites for hydroxylation is 2. The number of anilines is 1. The Morgan fingerprint density at radius 1 is 1.06 bits per heavy atom. The molecule has 0 aliphatic heterocycles. The summed E-state index contributed by atoms with van der Waals surface area (Å²) in [5.41, 5.74) is 4.85. The Hall–Kier alpha value is -1.83. The van der Waals surface area contributed by atoms with Gasteiger partial charge in [-0.2, -0.15) is 0 Å². The molecule has 0 aliphatic rings. The van der Waals surface area contributed by atoms with Crippen LogP contribution in [0, 0.1) is 6.92 Å². The van der Waals surface area contributed by atoms with Crippen molar-refractivity contribution >= 4 is 5.69 Å². The lowest BCUT2D eigenvalue weighted by Crippen LogP contribution is -2.00. The molecule has 1 aromatic heterocycles. The molecule has 2 rings (SSSR count). The summed E-state index contributed by atoms with van der Waals surface area (Å²) in [6.07, 6.45) is 2.93. The summed E-state index contributed by atoms with van der Waals surface area (Å²) < 4.78 is 0. The molecule has 0 fully saturated rings. The molecule has 0 bridgehead atoms. The summed E-state index contributed by atoms with van der Waals surface area (Å²) in [5.74, 6) is 0. The van der Waals surface area contributed by atoms with Gasteiger partial charge in [0, 0.05) is 24.1 Å². The van der Waals surface area contributed by atoms with E-state index in [0.717, 1.165) is 24.3 Å². The van der Waals surface area contributed by atoms with E-state index in [1.807, 2.05) is 19.2 Å². The van der Waals surface area contributed by atoms with Crippen LogP contribution in [0.1, 0.15) is 23.7 Å². The minimum absolute atomic E-state index is 0.855. The maximum Gasteiger partial charge on any atom is 0.0400 e. The number of nitrogens with zero attached hydrogens (tertiary/aromatic N) is 1. The molecule has 2 heteroatoms. The molecule has 88 valence electrons. The molecule has 1 N–H and O–H groups in total. The molecule has 1 heterocycles. The largest absolute Gasteiger partial charge is 0.381 e. The van der Waals surface area contributed by atoms with E-state index in [2.05, 4.69) is 47.6 Å². The van der Waals surface area contributed by atoms with Crippen LogP contribution in [-0.4, -0.2) is 4.98 Å². The zero-order chi connectivity index (χ0) is 12.1. The molecule has 1 aromatic carbocycles. The topological polar surface area (TPSA) is 24.9 Å². The Balaban J connectivity index is 1.97. The van der Waals surface area contributed by atoms with E-state index in [4.69, 9.17) is 0 Å². The van der Waals surface area contributed by atoms with Gasteiger partial charge in [-0.1, -0.05) is 31.2 Å². The Labute approximate surface area is 103 Å². The average molecular weight is 226 g/mol. The van der Waals surface area contributed by atoms with E-state index in [1.165, 1.54) is 11.1 Å². The number of rotatable bonds is 4. The maximum atomic E-state index is 4.18. The van der Waals surface area contributed by atoms with E-state index in [9.17, 15) is 0 Å². The van der Waals surface area contributed by atoms with Crippen molar-refractivity contribution in [2.75, 3.05) is 5.32 Å². The van der Waals surface area contributed by atoms with Gasteiger partial charge in [0.05, 0.1) is 0 Å². The van der Waals surface area contributed by atoms with Gasteiger partial charge in [-0.05, 0) is 36.6 Å². The molecule has 0 aliphatic carbocycles. The third kappa shape index (κ3) is 3.31. The molecule has 2 aromatic rings. The average Bonchev–Trinajstić information content (AvgIpc) is 2.37. The summed E-state index contributed by atoms with van der Waals surface area (Å²) >= 11 is 0. The molecule has 0 atom stereocenters. The molecule has 0 saturated heterocycles. The number of aromatic nitrogens is 1. The fourth-order valence-corrected chi connectivity index (χ4v) is 1.75. The van der Waals surface area contributed by atoms with Gasteiger partial charge in [-0.25, -0.2) is 0 Å². The fourth-order valence-electron chi connectivity index (χ4n) is 1.75. The number of hydrogen-bond donors (Lipinski definition) is 1. The van der Waals surface area contributed by atoms with Gasteiger partial charge in [0.25, 0.3) is 0 Å². The normalized spacial score (nSPS) is 10.2. The highest BCUT2D eigenvalue weighted by atomic mass is 14.9. The van der Waals surface area contributed by atoms with Gasteiger partial charge < -0.3 is 5.32 Å². The van der Waals surface area contributed by atoms with Crippen LogP contribution in [0.25, 0.3) is 0 Å². The number of benzene rings is 1.